The number of anilines is 3. The predicted octanol–water partition coefficient (Wildman–Crippen LogP) is 13.0. The maximum atomic E-state index is 5.18. The third-order valence-electron chi connectivity index (χ3n) is 9.22. The molecule has 9 aromatic rings. The summed E-state index contributed by atoms with van der Waals surface area (Å²) in [4.78, 5) is 10.1. The van der Waals surface area contributed by atoms with E-state index in [4.69, 9.17) is 4.98 Å². The highest BCUT2D eigenvalue weighted by Gasteiger charge is 2.25. The molecule has 0 aliphatic carbocycles. The second-order valence-corrected chi connectivity index (χ2v) is 14.0. The highest BCUT2D eigenvalue weighted by atomic mass is 32.2. The fourth-order valence-corrected chi connectivity index (χ4v) is 9.58. The average molecular weight is 635 g/mol. The molecule has 0 N–H and O–H groups in total. The van der Waals surface area contributed by atoms with Crippen molar-refractivity contribution in [3.63, 3.8) is 0 Å². The van der Waals surface area contributed by atoms with E-state index in [0.29, 0.717) is 0 Å². The number of nitrogens with zero attached hydrogens (tertiary/aromatic N) is 2. The van der Waals surface area contributed by atoms with E-state index in [0.717, 1.165) is 22.5 Å². The van der Waals surface area contributed by atoms with Crippen molar-refractivity contribution < 1.29 is 0 Å². The number of fused-ring (bicyclic) bond motifs is 9. The molecule has 2 aromatic heterocycles. The highest BCUT2D eigenvalue weighted by Crippen LogP contribution is 2.52. The minimum atomic E-state index is 1.02. The minimum Gasteiger partial charge on any atom is -0.308 e. The zero-order chi connectivity index (χ0) is 30.9. The molecule has 0 fully saturated rings. The Bertz CT molecular complexity index is 2630. The summed E-state index contributed by atoms with van der Waals surface area (Å²) in [6.07, 6.45) is 0. The smallest absolute Gasteiger partial charge is 0.0788 e. The van der Waals surface area contributed by atoms with E-state index in [1.807, 2.05) is 23.1 Å². The van der Waals surface area contributed by atoms with Gasteiger partial charge < -0.3 is 4.90 Å². The number of aromatic nitrogens is 1. The molecule has 0 atom stereocenters. The van der Waals surface area contributed by atoms with Gasteiger partial charge in [-0.2, -0.15) is 0 Å². The van der Waals surface area contributed by atoms with Gasteiger partial charge in [-0.25, -0.2) is 4.98 Å². The summed E-state index contributed by atoms with van der Waals surface area (Å²) in [6.45, 7) is 0. The predicted molar refractivity (Wildman–Crippen MR) is 202 cm³/mol. The van der Waals surface area contributed by atoms with Gasteiger partial charge >= 0.3 is 0 Å². The van der Waals surface area contributed by atoms with Gasteiger partial charge in [0.05, 0.1) is 22.6 Å². The van der Waals surface area contributed by atoms with Crippen LogP contribution in [-0.2, 0) is 0 Å². The molecule has 7 aromatic carbocycles. The summed E-state index contributed by atoms with van der Waals surface area (Å²) in [5.41, 5.74) is 9.27. The summed E-state index contributed by atoms with van der Waals surface area (Å²) in [6, 6.07) is 57.0. The van der Waals surface area contributed by atoms with Crippen molar-refractivity contribution in [2.45, 2.75) is 9.79 Å². The molecule has 0 unspecified atom stereocenters. The van der Waals surface area contributed by atoms with Crippen molar-refractivity contribution in [2.24, 2.45) is 0 Å². The van der Waals surface area contributed by atoms with Crippen LogP contribution in [0.5, 0.6) is 0 Å². The number of rotatable bonds is 3. The third kappa shape index (κ3) is 4.15. The van der Waals surface area contributed by atoms with Gasteiger partial charge in [-0.3, -0.25) is 0 Å². The molecular formula is C43H26N2S2. The standard InChI is InChI=1S/C43H26N2S2/c1-2-12-27(13-3-1)41-34-25-24-32-31-18-11-17-30(42(31)47-43(32)40(34)33-16-4-5-19-35(33)44-41)28-14-10-15-29(26-28)45-36-20-6-8-22-38(36)46-39-23-9-7-21-37(39)45/h1-26H. The number of para-hydroxylation sites is 3. The van der Waals surface area contributed by atoms with Gasteiger partial charge in [0.25, 0.3) is 0 Å². The van der Waals surface area contributed by atoms with Gasteiger partial charge in [0.2, 0.25) is 0 Å². The van der Waals surface area contributed by atoms with Crippen LogP contribution in [0.4, 0.5) is 17.1 Å². The van der Waals surface area contributed by atoms with Gasteiger partial charge in [0.1, 0.15) is 0 Å². The van der Waals surface area contributed by atoms with Gasteiger partial charge in [-0.1, -0.05) is 127 Å². The van der Waals surface area contributed by atoms with Crippen LogP contribution >= 0.6 is 23.1 Å². The van der Waals surface area contributed by atoms with E-state index in [9.17, 15) is 0 Å². The van der Waals surface area contributed by atoms with Crippen LogP contribution in [0.15, 0.2) is 168 Å². The molecule has 3 heterocycles. The Morgan fingerprint density at radius 3 is 1.94 bits per heavy atom. The maximum Gasteiger partial charge on any atom is 0.0788 e. The molecule has 4 heteroatoms. The first-order chi connectivity index (χ1) is 23.3. The van der Waals surface area contributed by atoms with Crippen LogP contribution < -0.4 is 4.90 Å². The molecule has 0 spiro atoms. The SMILES string of the molecule is c1ccc(-c2nc3ccccc3c3c2ccc2c4cccc(-c5cccc(N6c7ccccc7Sc7ccccc76)c5)c4sc23)cc1. The van der Waals surface area contributed by atoms with E-state index in [-0.39, 0.29) is 0 Å². The normalized spacial score (nSPS) is 12.6. The lowest BCUT2D eigenvalue weighted by Gasteiger charge is -2.33. The molecule has 0 saturated heterocycles. The number of pyridine rings is 1. The lowest BCUT2D eigenvalue weighted by Crippen LogP contribution is -2.14. The molecule has 0 bridgehead atoms. The number of hydrogen-bond donors (Lipinski definition) is 0. The third-order valence-corrected chi connectivity index (χ3v) is 11.6. The van der Waals surface area contributed by atoms with Gasteiger partial charge in [0.15, 0.2) is 0 Å². The fraction of sp³-hybridized carbons (Fsp3) is 0. The maximum absolute atomic E-state index is 5.18. The van der Waals surface area contributed by atoms with Crippen molar-refractivity contribution in [3.8, 4) is 22.4 Å². The zero-order valence-corrected chi connectivity index (χ0v) is 26.9. The topological polar surface area (TPSA) is 16.1 Å². The van der Waals surface area contributed by atoms with E-state index >= 15 is 0 Å². The molecule has 0 saturated carbocycles. The number of benzene rings is 7. The molecule has 10 rings (SSSR count). The van der Waals surface area contributed by atoms with E-state index < -0.39 is 0 Å². The Morgan fingerprint density at radius 2 is 1.11 bits per heavy atom. The van der Waals surface area contributed by atoms with Crippen molar-refractivity contribution >= 4 is 82.0 Å². The first-order valence-electron chi connectivity index (χ1n) is 15.8. The molecule has 1 aliphatic rings. The lowest BCUT2D eigenvalue weighted by molar-refractivity contribution is 1.17. The number of hydrogen-bond acceptors (Lipinski definition) is 4. The zero-order valence-electron chi connectivity index (χ0n) is 25.2. The summed E-state index contributed by atoms with van der Waals surface area (Å²) in [5, 5.41) is 6.26. The number of thiophene rings is 1. The van der Waals surface area contributed by atoms with Gasteiger partial charge in [-0.15, -0.1) is 11.3 Å². The van der Waals surface area contributed by atoms with Gasteiger partial charge in [-0.05, 0) is 53.6 Å². The quantitative estimate of drug-likeness (QED) is 0.180. The lowest BCUT2D eigenvalue weighted by atomic mass is 9.97. The summed E-state index contributed by atoms with van der Waals surface area (Å²) in [5.74, 6) is 0. The van der Waals surface area contributed by atoms with Crippen molar-refractivity contribution in [1.82, 2.24) is 4.98 Å². The molecule has 2 nitrogen and oxygen atoms in total. The Hall–Kier alpha value is -5.42. The molecule has 0 amide bonds. The largest absolute Gasteiger partial charge is 0.308 e. The second kappa shape index (κ2) is 10.6. The van der Waals surface area contributed by atoms with E-state index in [2.05, 4.69) is 163 Å². The molecule has 0 radical (unpaired) electrons. The molecule has 47 heavy (non-hydrogen) atoms. The average Bonchev–Trinajstić information content (AvgIpc) is 3.53. The van der Waals surface area contributed by atoms with Crippen LogP contribution in [0.2, 0.25) is 0 Å². The monoisotopic (exact) mass is 634 g/mol. The summed E-state index contributed by atoms with van der Waals surface area (Å²) >= 11 is 3.75. The van der Waals surface area contributed by atoms with Gasteiger partial charge in [0, 0.05) is 57.4 Å². The van der Waals surface area contributed by atoms with E-state index in [1.54, 1.807) is 0 Å². The van der Waals surface area contributed by atoms with Crippen molar-refractivity contribution in [3.05, 3.63) is 158 Å². The van der Waals surface area contributed by atoms with Crippen LogP contribution in [0.25, 0.3) is 64.2 Å². The van der Waals surface area contributed by atoms with E-state index in [1.165, 1.54) is 68.6 Å². The summed E-state index contributed by atoms with van der Waals surface area (Å²) < 4.78 is 2.62. The Labute approximate surface area is 280 Å². The minimum absolute atomic E-state index is 1.02. The van der Waals surface area contributed by atoms with Crippen LogP contribution in [-0.4, -0.2) is 4.98 Å². The van der Waals surface area contributed by atoms with Crippen molar-refractivity contribution in [1.29, 1.82) is 0 Å². The van der Waals surface area contributed by atoms with Crippen LogP contribution in [0, 0.1) is 0 Å². The van der Waals surface area contributed by atoms with Crippen LogP contribution in [0.3, 0.4) is 0 Å². The van der Waals surface area contributed by atoms with Crippen LogP contribution in [0.1, 0.15) is 0 Å². The molecular weight excluding hydrogens is 609 g/mol. The summed E-state index contributed by atoms with van der Waals surface area (Å²) in [7, 11) is 0. The second-order valence-electron chi connectivity index (χ2n) is 11.9. The Balaban J connectivity index is 1.21. The Kier molecular flexibility index (Phi) is 6.01. The molecule has 1 aliphatic heterocycles. The first-order valence-corrected chi connectivity index (χ1v) is 17.4. The molecule has 220 valence electrons. The fourth-order valence-electron chi connectivity index (χ4n) is 7.13. The highest BCUT2D eigenvalue weighted by molar-refractivity contribution is 7.99. The Morgan fingerprint density at radius 1 is 0.468 bits per heavy atom. The first kappa shape index (κ1) is 26.8. The van der Waals surface area contributed by atoms with Crippen molar-refractivity contribution in [2.75, 3.05) is 4.90 Å².